The Morgan fingerprint density at radius 1 is 1.06 bits per heavy atom. The molecule has 2 rings (SSSR count). The molecule has 0 amide bonds. The Morgan fingerprint density at radius 3 is 2.24 bits per heavy atom. The van der Waals surface area contributed by atoms with Gasteiger partial charge in [-0.3, -0.25) is 9.59 Å². The summed E-state index contributed by atoms with van der Waals surface area (Å²) in [6, 6.07) is 6.30. The van der Waals surface area contributed by atoms with Gasteiger partial charge in [-0.1, -0.05) is 47.5 Å². The van der Waals surface area contributed by atoms with Crippen LogP contribution in [0.4, 0.5) is 0 Å². The molecule has 0 aromatic heterocycles. The molecule has 1 aromatic carbocycles. The van der Waals surface area contributed by atoms with Crippen LogP contribution in [0.1, 0.15) is 15.9 Å². The maximum atomic E-state index is 11.7. The molecule has 0 saturated heterocycles. The molecule has 0 saturated carbocycles. The van der Waals surface area contributed by atoms with Crippen molar-refractivity contribution in [2.24, 2.45) is 0 Å². The number of hydrogen-bond acceptors (Lipinski definition) is 3. The SMILES string of the molecule is O=C1C(=O)c2ccccc2C(O)=C1C=C(Cl)Cl. The zero-order chi connectivity index (χ0) is 12.6. The topological polar surface area (TPSA) is 54.4 Å². The average molecular weight is 269 g/mol. The normalized spacial score (nSPS) is 14.7. The van der Waals surface area contributed by atoms with Crippen molar-refractivity contribution in [1.82, 2.24) is 0 Å². The summed E-state index contributed by atoms with van der Waals surface area (Å²) in [5, 5.41) is 9.90. The van der Waals surface area contributed by atoms with Crippen LogP contribution in [0.3, 0.4) is 0 Å². The minimum Gasteiger partial charge on any atom is -0.507 e. The molecular weight excluding hydrogens is 263 g/mol. The van der Waals surface area contributed by atoms with Crippen LogP contribution in [-0.4, -0.2) is 16.7 Å². The summed E-state index contributed by atoms with van der Waals surface area (Å²) >= 11 is 10.9. The van der Waals surface area contributed by atoms with Crippen LogP contribution >= 0.6 is 23.2 Å². The van der Waals surface area contributed by atoms with E-state index < -0.39 is 11.6 Å². The second-order valence-corrected chi connectivity index (χ2v) is 4.41. The molecule has 17 heavy (non-hydrogen) atoms. The smallest absolute Gasteiger partial charge is 0.237 e. The molecule has 0 heterocycles. The molecule has 0 bridgehead atoms. The van der Waals surface area contributed by atoms with Gasteiger partial charge in [-0.05, 0) is 6.08 Å². The number of aliphatic hydroxyl groups is 1. The molecular formula is C12H6Cl2O3. The van der Waals surface area contributed by atoms with Crippen molar-refractivity contribution in [2.75, 3.05) is 0 Å². The molecule has 0 atom stereocenters. The highest BCUT2D eigenvalue weighted by molar-refractivity contribution is 6.58. The number of hydrogen-bond donors (Lipinski definition) is 1. The molecule has 1 aliphatic carbocycles. The Morgan fingerprint density at radius 2 is 1.65 bits per heavy atom. The Hall–Kier alpha value is -1.58. The van der Waals surface area contributed by atoms with Crippen molar-refractivity contribution in [3.63, 3.8) is 0 Å². The Labute approximate surface area is 107 Å². The van der Waals surface area contributed by atoms with E-state index in [1.54, 1.807) is 18.2 Å². The number of benzene rings is 1. The number of allylic oxidation sites excluding steroid dienone is 2. The van der Waals surface area contributed by atoms with E-state index in [9.17, 15) is 14.7 Å². The predicted molar refractivity (Wildman–Crippen MR) is 65.1 cm³/mol. The molecule has 1 aromatic rings. The standard InChI is InChI=1S/C12H6Cl2O3/c13-9(14)5-8-10(15)6-3-1-2-4-7(6)11(16)12(8)17/h1-5,15H. The fourth-order valence-corrected chi connectivity index (χ4v) is 1.85. The van der Waals surface area contributed by atoms with E-state index in [0.717, 1.165) is 6.08 Å². The van der Waals surface area contributed by atoms with E-state index in [-0.39, 0.29) is 21.4 Å². The van der Waals surface area contributed by atoms with Gasteiger partial charge in [0.15, 0.2) is 0 Å². The number of fused-ring (bicyclic) bond motifs is 1. The highest BCUT2D eigenvalue weighted by Crippen LogP contribution is 2.29. The lowest BCUT2D eigenvalue weighted by Gasteiger charge is -2.15. The number of ketones is 2. The number of carbonyl (C=O) groups excluding carboxylic acids is 2. The quantitative estimate of drug-likeness (QED) is 0.797. The van der Waals surface area contributed by atoms with Crippen molar-refractivity contribution >= 4 is 40.5 Å². The maximum Gasteiger partial charge on any atom is 0.237 e. The monoisotopic (exact) mass is 268 g/mol. The number of Topliss-reactive ketones (excluding diaryl/α,β-unsaturated/α-hetero) is 2. The molecule has 0 unspecified atom stereocenters. The third kappa shape index (κ3) is 1.99. The summed E-state index contributed by atoms with van der Waals surface area (Å²) in [7, 11) is 0. The maximum absolute atomic E-state index is 11.7. The van der Waals surface area contributed by atoms with E-state index in [4.69, 9.17) is 23.2 Å². The van der Waals surface area contributed by atoms with Gasteiger partial charge in [0.2, 0.25) is 11.6 Å². The lowest BCUT2D eigenvalue weighted by molar-refractivity contribution is -0.111. The van der Waals surface area contributed by atoms with Gasteiger partial charge in [-0.2, -0.15) is 0 Å². The van der Waals surface area contributed by atoms with Gasteiger partial charge in [0, 0.05) is 11.1 Å². The van der Waals surface area contributed by atoms with Crippen LogP contribution < -0.4 is 0 Å². The van der Waals surface area contributed by atoms with Crippen LogP contribution in [0.2, 0.25) is 0 Å². The molecule has 0 spiro atoms. The van der Waals surface area contributed by atoms with Crippen LogP contribution in [-0.2, 0) is 4.79 Å². The zero-order valence-corrected chi connectivity index (χ0v) is 9.92. The fraction of sp³-hybridized carbons (Fsp3) is 0. The van der Waals surface area contributed by atoms with Gasteiger partial charge in [0.25, 0.3) is 0 Å². The lowest BCUT2D eigenvalue weighted by atomic mass is 9.88. The minimum atomic E-state index is -0.819. The van der Waals surface area contributed by atoms with Crippen LogP contribution in [0.5, 0.6) is 0 Å². The summed E-state index contributed by atoms with van der Waals surface area (Å²) in [4.78, 5) is 23.4. The summed E-state index contributed by atoms with van der Waals surface area (Å²) in [6.07, 6.45) is 1.06. The highest BCUT2D eigenvalue weighted by Gasteiger charge is 2.31. The van der Waals surface area contributed by atoms with Gasteiger partial charge in [0.1, 0.15) is 10.3 Å². The van der Waals surface area contributed by atoms with E-state index in [0.29, 0.717) is 5.56 Å². The first-order valence-corrected chi connectivity index (χ1v) is 5.42. The third-order valence-electron chi connectivity index (χ3n) is 2.39. The molecule has 1 aliphatic rings. The average Bonchev–Trinajstić information content (AvgIpc) is 2.31. The molecule has 3 nitrogen and oxygen atoms in total. The Bertz CT molecular complexity index is 581. The molecule has 0 radical (unpaired) electrons. The van der Waals surface area contributed by atoms with E-state index in [1.165, 1.54) is 6.07 Å². The van der Waals surface area contributed by atoms with E-state index >= 15 is 0 Å². The van der Waals surface area contributed by atoms with Crippen molar-refractivity contribution in [2.45, 2.75) is 0 Å². The second-order valence-electron chi connectivity index (χ2n) is 3.40. The van der Waals surface area contributed by atoms with Crippen molar-refractivity contribution in [3.8, 4) is 0 Å². The molecule has 5 heteroatoms. The predicted octanol–water partition coefficient (Wildman–Crippen LogP) is 3.04. The molecule has 0 aliphatic heterocycles. The number of halogens is 2. The Kier molecular flexibility index (Phi) is 3.05. The van der Waals surface area contributed by atoms with Crippen LogP contribution in [0.15, 0.2) is 40.4 Å². The molecule has 0 fully saturated rings. The lowest BCUT2D eigenvalue weighted by Crippen LogP contribution is -2.23. The Balaban J connectivity index is 2.73. The number of carbonyl (C=O) groups is 2. The van der Waals surface area contributed by atoms with Crippen molar-refractivity contribution < 1.29 is 14.7 Å². The summed E-state index contributed by atoms with van der Waals surface area (Å²) in [5.41, 5.74) is 0.296. The third-order valence-corrected chi connectivity index (χ3v) is 2.60. The van der Waals surface area contributed by atoms with Gasteiger partial charge in [0.05, 0.1) is 5.57 Å². The van der Waals surface area contributed by atoms with Gasteiger partial charge >= 0.3 is 0 Å². The van der Waals surface area contributed by atoms with Crippen LogP contribution in [0, 0.1) is 0 Å². The highest BCUT2D eigenvalue weighted by atomic mass is 35.5. The molecule has 86 valence electrons. The summed E-state index contributed by atoms with van der Waals surface area (Å²) in [6.45, 7) is 0. The van der Waals surface area contributed by atoms with Crippen LogP contribution in [0.25, 0.3) is 5.76 Å². The van der Waals surface area contributed by atoms with Gasteiger partial charge in [-0.15, -0.1) is 0 Å². The van der Waals surface area contributed by atoms with E-state index in [1.807, 2.05) is 0 Å². The van der Waals surface area contributed by atoms with Gasteiger partial charge in [-0.25, -0.2) is 0 Å². The zero-order valence-electron chi connectivity index (χ0n) is 8.41. The first kappa shape index (κ1) is 11.9. The first-order valence-electron chi connectivity index (χ1n) is 4.66. The van der Waals surface area contributed by atoms with Crippen molar-refractivity contribution in [1.29, 1.82) is 0 Å². The van der Waals surface area contributed by atoms with Crippen molar-refractivity contribution in [3.05, 3.63) is 51.5 Å². The molecule has 1 N–H and O–H groups in total. The number of aliphatic hydroxyl groups excluding tert-OH is 1. The largest absolute Gasteiger partial charge is 0.507 e. The van der Waals surface area contributed by atoms with E-state index in [2.05, 4.69) is 0 Å². The fourth-order valence-electron chi connectivity index (χ4n) is 1.63. The summed E-state index contributed by atoms with van der Waals surface area (Å²) in [5.74, 6) is -1.79. The number of rotatable bonds is 1. The minimum absolute atomic E-state index is 0.179. The summed E-state index contributed by atoms with van der Waals surface area (Å²) < 4.78 is -0.202. The van der Waals surface area contributed by atoms with Gasteiger partial charge < -0.3 is 5.11 Å². The first-order chi connectivity index (χ1) is 8.02. The second kappa shape index (κ2) is 4.35.